The molecular weight excluding hydrogens is 350 g/mol. The van der Waals surface area contributed by atoms with E-state index in [1.807, 2.05) is 11.3 Å². The van der Waals surface area contributed by atoms with Gasteiger partial charge in [0.1, 0.15) is 12.7 Å². The van der Waals surface area contributed by atoms with Gasteiger partial charge in [0.05, 0.1) is 7.11 Å². The highest BCUT2D eigenvalue weighted by atomic mass is 32.1. The monoisotopic (exact) mass is 375 g/mol. The Balaban J connectivity index is 1.58. The minimum atomic E-state index is -0.602. The van der Waals surface area contributed by atoms with Gasteiger partial charge in [-0.2, -0.15) is 0 Å². The smallest absolute Gasteiger partial charge is 0.161 e. The number of benzene rings is 1. The summed E-state index contributed by atoms with van der Waals surface area (Å²) in [7, 11) is 1.54. The number of aliphatic hydroxyl groups excluding tert-OH is 1. The number of ketones is 1. The second-order valence-electron chi connectivity index (χ2n) is 6.61. The van der Waals surface area contributed by atoms with Crippen LogP contribution in [0.15, 0.2) is 29.6 Å². The first kappa shape index (κ1) is 18.9. The van der Waals surface area contributed by atoms with E-state index in [4.69, 9.17) is 9.47 Å². The topological polar surface area (TPSA) is 59.0 Å². The maximum absolute atomic E-state index is 11.5. The Hall–Kier alpha value is -1.89. The number of fused-ring (bicyclic) bond motifs is 1. The SMILES string of the molecule is COc1cc(C(C)=O)ccc1OC[C@H](O)CN1CCc2sccc2[C@@H]1C. The van der Waals surface area contributed by atoms with Crippen LogP contribution in [0.2, 0.25) is 0 Å². The first-order valence-corrected chi connectivity index (χ1v) is 9.67. The molecule has 2 atom stereocenters. The lowest BCUT2D eigenvalue weighted by atomic mass is 10.0. The Kier molecular flexibility index (Phi) is 5.96. The van der Waals surface area contributed by atoms with Gasteiger partial charge >= 0.3 is 0 Å². The third kappa shape index (κ3) is 4.09. The van der Waals surface area contributed by atoms with E-state index in [1.165, 1.54) is 24.5 Å². The third-order valence-corrected chi connectivity index (χ3v) is 5.85. The minimum Gasteiger partial charge on any atom is -0.493 e. The van der Waals surface area contributed by atoms with Crippen LogP contribution in [0, 0.1) is 0 Å². The van der Waals surface area contributed by atoms with Crippen molar-refractivity contribution in [2.75, 3.05) is 26.8 Å². The van der Waals surface area contributed by atoms with Crippen LogP contribution >= 0.6 is 11.3 Å². The zero-order chi connectivity index (χ0) is 18.7. The molecular formula is C20H25NO4S. The zero-order valence-corrected chi connectivity index (χ0v) is 16.2. The highest BCUT2D eigenvalue weighted by Crippen LogP contribution is 2.33. The average molecular weight is 375 g/mol. The summed E-state index contributed by atoms with van der Waals surface area (Å²) in [6, 6.07) is 7.57. The molecule has 140 valence electrons. The number of nitrogens with zero attached hydrogens (tertiary/aromatic N) is 1. The molecule has 2 aromatic rings. The molecule has 1 aliphatic heterocycles. The van der Waals surface area contributed by atoms with Crippen LogP contribution in [0.1, 0.15) is 40.7 Å². The lowest BCUT2D eigenvalue weighted by Crippen LogP contribution is -2.40. The molecule has 0 saturated carbocycles. The second kappa shape index (κ2) is 8.20. The van der Waals surface area contributed by atoms with E-state index in [0.717, 1.165) is 13.0 Å². The van der Waals surface area contributed by atoms with Crippen molar-refractivity contribution in [3.05, 3.63) is 45.6 Å². The number of carbonyl (C=O) groups is 1. The first-order chi connectivity index (χ1) is 12.5. The van der Waals surface area contributed by atoms with Gasteiger partial charge in [-0.15, -0.1) is 11.3 Å². The number of carbonyl (C=O) groups excluding carboxylic acids is 1. The van der Waals surface area contributed by atoms with Crippen LogP contribution in [0.3, 0.4) is 0 Å². The first-order valence-electron chi connectivity index (χ1n) is 8.79. The largest absolute Gasteiger partial charge is 0.493 e. The summed E-state index contributed by atoms with van der Waals surface area (Å²) in [5.74, 6) is 1.00. The quantitative estimate of drug-likeness (QED) is 0.753. The summed E-state index contributed by atoms with van der Waals surface area (Å²) >= 11 is 1.81. The molecule has 1 aromatic heterocycles. The van der Waals surface area contributed by atoms with Crippen LogP contribution in [-0.4, -0.2) is 48.7 Å². The van der Waals surface area contributed by atoms with Crippen molar-refractivity contribution in [3.8, 4) is 11.5 Å². The van der Waals surface area contributed by atoms with Gasteiger partial charge in [0.15, 0.2) is 17.3 Å². The van der Waals surface area contributed by atoms with Gasteiger partial charge in [0.2, 0.25) is 0 Å². The maximum atomic E-state index is 11.5. The number of thiophene rings is 1. The normalized spacial score (nSPS) is 18.2. The summed E-state index contributed by atoms with van der Waals surface area (Å²) in [5.41, 5.74) is 1.94. The number of hydrogen-bond donors (Lipinski definition) is 1. The van der Waals surface area contributed by atoms with E-state index in [1.54, 1.807) is 18.2 Å². The third-order valence-electron chi connectivity index (χ3n) is 4.85. The van der Waals surface area contributed by atoms with Crippen molar-refractivity contribution in [1.29, 1.82) is 0 Å². The van der Waals surface area contributed by atoms with E-state index < -0.39 is 6.10 Å². The van der Waals surface area contributed by atoms with Gasteiger partial charge in [-0.25, -0.2) is 0 Å². The summed E-state index contributed by atoms with van der Waals surface area (Å²) in [6.45, 7) is 5.38. The molecule has 0 fully saturated rings. The molecule has 1 N–H and O–H groups in total. The van der Waals surface area contributed by atoms with Crippen LogP contribution in [-0.2, 0) is 6.42 Å². The molecule has 1 aliphatic rings. The Morgan fingerprint density at radius 1 is 1.38 bits per heavy atom. The molecule has 3 rings (SSSR count). The lowest BCUT2D eigenvalue weighted by Gasteiger charge is -2.34. The van der Waals surface area contributed by atoms with Crippen LogP contribution in [0.25, 0.3) is 0 Å². The van der Waals surface area contributed by atoms with E-state index in [0.29, 0.717) is 29.6 Å². The zero-order valence-electron chi connectivity index (χ0n) is 15.4. The Bertz CT molecular complexity index is 773. The predicted molar refractivity (Wildman–Crippen MR) is 103 cm³/mol. The molecule has 2 heterocycles. The number of β-amino-alcohol motifs (C(OH)–C–C–N with tert-alkyl or cyclic N) is 1. The van der Waals surface area contributed by atoms with Crippen molar-refractivity contribution < 1.29 is 19.4 Å². The Morgan fingerprint density at radius 3 is 2.92 bits per heavy atom. The second-order valence-corrected chi connectivity index (χ2v) is 7.61. The van der Waals surface area contributed by atoms with Crippen LogP contribution in [0.4, 0.5) is 0 Å². The molecule has 0 radical (unpaired) electrons. The number of Topliss-reactive ketones (excluding diaryl/α,β-unsaturated/α-hetero) is 1. The standard InChI is InChI=1S/C20H25NO4S/c1-13-17-7-9-26-20(17)6-8-21(13)11-16(23)12-25-18-5-4-15(14(2)22)10-19(18)24-3/h4-5,7,9-10,13,16,23H,6,8,11-12H2,1-3H3/t13-,16+/m0/s1. The number of hydrogen-bond acceptors (Lipinski definition) is 6. The van der Waals surface area contributed by atoms with Gasteiger partial charge in [-0.05, 0) is 55.5 Å². The van der Waals surface area contributed by atoms with Crippen molar-refractivity contribution in [2.45, 2.75) is 32.4 Å². The number of ether oxygens (including phenoxy) is 2. The summed E-state index contributed by atoms with van der Waals surface area (Å²) in [5, 5.41) is 12.6. The van der Waals surface area contributed by atoms with E-state index >= 15 is 0 Å². The number of rotatable bonds is 7. The van der Waals surface area contributed by atoms with Crippen molar-refractivity contribution >= 4 is 17.1 Å². The molecule has 0 bridgehead atoms. The lowest BCUT2D eigenvalue weighted by molar-refractivity contribution is 0.0514. The van der Waals surface area contributed by atoms with Gasteiger partial charge in [-0.3, -0.25) is 9.69 Å². The fourth-order valence-electron chi connectivity index (χ4n) is 3.33. The van der Waals surface area contributed by atoms with E-state index in [2.05, 4.69) is 23.3 Å². The molecule has 0 unspecified atom stereocenters. The highest BCUT2D eigenvalue weighted by molar-refractivity contribution is 7.10. The van der Waals surface area contributed by atoms with E-state index in [-0.39, 0.29) is 12.4 Å². The molecule has 0 amide bonds. The molecule has 1 aromatic carbocycles. The Labute approximate surface area is 158 Å². The molecule has 0 spiro atoms. The van der Waals surface area contributed by atoms with E-state index in [9.17, 15) is 9.90 Å². The fourth-order valence-corrected chi connectivity index (χ4v) is 4.29. The molecule has 26 heavy (non-hydrogen) atoms. The highest BCUT2D eigenvalue weighted by Gasteiger charge is 2.26. The maximum Gasteiger partial charge on any atom is 0.161 e. The molecule has 6 heteroatoms. The molecule has 0 saturated heterocycles. The predicted octanol–water partition coefficient (Wildman–Crippen LogP) is 3.32. The van der Waals surface area contributed by atoms with Gasteiger partial charge in [-0.1, -0.05) is 0 Å². The minimum absolute atomic E-state index is 0.0261. The summed E-state index contributed by atoms with van der Waals surface area (Å²) < 4.78 is 11.0. The van der Waals surface area contributed by atoms with Crippen LogP contribution < -0.4 is 9.47 Å². The van der Waals surface area contributed by atoms with Crippen molar-refractivity contribution in [2.24, 2.45) is 0 Å². The molecule has 5 nitrogen and oxygen atoms in total. The Morgan fingerprint density at radius 2 is 2.19 bits per heavy atom. The van der Waals surface area contributed by atoms with Crippen LogP contribution in [0.5, 0.6) is 11.5 Å². The van der Waals surface area contributed by atoms with Gasteiger partial charge in [0, 0.05) is 29.6 Å². The number of methoxy groups -OCH3 is 1. The van der Waals surface area contributed by atoms with Crippen molar-refractivity contribution in [3.63, 3.8) is 0 Å². The summed E-state index contributed by atoms with van der Waals surface area (Å²) in [4.78, 5) is 15.2. The van der Waals surface area contributed by atoms with Gasteiger partial charge < -0.3 is 14.6 Å². The average Bonchev–Trinajstić information content (AvgIpc) is 3.11. The number of aliphatic hydroxyl groups is 1. The fraction of sp³-hybridized carbons (Fsp3) is 0.450. The summed E-state index contributed by atoms with van der Waals surface area (Å²) in [6.07, 6.45) is 0.431. The molecule has 0 aliphatic carbocycles. The van der Waals surface area contributed by atoms with Gasteiger partial charge in [0.25, 0.3) is 0 Å². The van der Waals surface area contributed by atoms with Crippen molar-refractivity contribution in [1.82, 2.24) is 4.90 Å².